The summed E-state index contributed by atoms with van der Waals surface area (Å²) in [4.78, 5) is 15.9. The lowest BCUT2D eigenvalue weighted by Gasteiger charge is -2.31. The minimum absolute atomic E-state index is 0.108. The Hall–Kier alpha value is -3.23. The van der Waals surface area contributed by atoms with E-state index in [0.717, 1.165) is 33.3 Å². The second kappa shape index (κ2) is 8.61. The molecule has 0 saturated carbocycles. The SMILES string of the molecule is O=C1CS[C@@H](c2cn(-c3ccccc3)nc2-c2cccs2)N1C[C@H]1COc2ccccc2O1. The smallest absolute Gasteiger partial charge is 0.233 e. The second-order valence-corrected chi connectivity index (χ2v) is 9.91. The summed E-state index contributed by atoms with van der Waals surface area (Å²) in [7, 11) is 0. The summed E-state index contributed by atoms with van der Waals surface area (Å²) >= 11 is 3.29. The van der Waals surface area contributed by atoms with Gasteiger partial charge >= 0.3 is 0 Å². The quantitative estimate of drug-likeness (QED) is 0.406. The molecule has 1 saturated heterocycles. The standard InChI is InChI=1S/C25H21N3O3S2/c29-23-16-33-25(27(23)13-18-15-30-20-9-4-5-10-21(20)31-18)19-14-28(17-7-2-1-3-8-17)26-24(19)22-11-6-12-32-22/h1-12,14,18,25H,13,15-16H2/t18-,25-/m0/s1. The molecule has 8 heteroatoms. The third-order valence-electron chi connectivity index (χ3n) is 5.72. The zero-order chi connectivity index (χ0) is 22.2. The summed E-state index contributed by atoms with van der Waals surface area (Å²) in [6.07, 6.45) is 1.83. The lowest BCUT2D eigenvalue weighted by atomic mass is 10.2. The van der Waals surface area contributed by atoms with Gasteiger partial charge in [-0.05, 0) is 35.7 Å². The van der Waals surface area contributed by atoms with Gasteiger partial charge in [0.05, 0.1) is 22.9 Å². The number of hydrogen-bond donors (Lipinski definition) is 0. The number of ether oxygens (including phenoxy) is 2. The number of hydrogen-bond acceptors (Lipinski definition) is 6. The van der Waals surface area contributed by atoms with Crippen molar-refractivity contribution in [2.45, 2.75) is 11.5 Å². The van der Waals surface area contributed by atoms with Crippen molar-refractivity contribution in [3.8, 4) is 27.8 Å². The molecule has 4 heterocycles. The molecule has 0 N–H and O–H groups in total. The maximum atomic E-state index is 12.9. The second-order valence-electron chi connectivity index (χ2n) is 7.90. The first-order valence-corrected chi connectivity index (χ1v) is 12.7. The van der Waals surface area contributed by atoms with Gasteiger partial charge in [0.25, 0.3) is 0 Å². The van der Waals surface area contributed by atoms with Crippen LogP contribution in [0.2, 0.25) is 0 Å². The van der Waals surface area contributed by atoms with Crippen LogP contribution >= 0.6 is 23.1 Å². The monoisotopic (exact) mass is 475 g/mol. The normalized spacial score (nSPS) is 19.8. The lowest BCUT2D eigenvalue weighted by molar-refractivity contribution is -0.129. The average molecular weight is 476 g/mol. The van der Waals surface area contributed by atoms with Gasteiger partial charge in [-0.2, -0.15) is 5.10 Å². The predicted octanol–water partition coefficient (Wildman–Crippen LogP) is 5.01. The Kier molecular flexibility index (Phi) is 5.32. The van der Waals surface area contributed by atoms with Gasteiger partial charge in [-0.1, -0.05) is 36.4 Å². The molecule has 2 aromatic carbocycles. The third-order valence-corrected chi connectivity index (χ3v) is 7.83. The van der Waals surface area contributed by atoms with Crippen molar-refractivity contribution in [3.05, 3.63) is 83.9 Å². The fourth-order valence-corrected chi connectivity index (χ4v) is 6.10. The molecule has 0 radical (unpaired) electrons. The number of nitrogens with zero attached hydrogens (tertiary/aromatic N) is 3. The van der Waals surface area contributed by atoms with E-state index in [-0.39, 0.29) is 17.4 Å². The van der Waals surface area contributed by atoms with Gasteiger partial charge < -0.3 is 14.4 Å². The predicted molar refractivity (Wildman–Crippen MR) is 130 cm³/mol. The fourth-order valence-electron chi connectivity index (χ4n) is 4.17. The van der Waals surface area contributed by atoms with E-state index in [1.54, 1.807) is 23.1 Å². The molecule has 6 rings (SSSR count). The van der Waals surface area contributed by atoms with Crippen LogP contribution in [0, 0.1) is 0 Å². The minimum atomic E-state index is -0.223. The number of thiophene rings is 1. The number of para-hydroxylation sites is 3. The Bertz CT molecular complexity index is 1270. The number of fused-ring (bicyclic) bond motifs is 1. The van der Waals surface area contributed by atoms with Crippen LogP contribution in [0.5, 0.6) is 11.5 Å². The van der Waals surface area contributed by atoms with Crippen molar-refractivity contribution >= 4 is 29.0 Å². The van der Waals surface area contributed by atoms with Crippen molar-refractivity contribution in [1.82, 2.24) is 14.7 Å². The molecule has 33 heavy (non-hydrogen) atoms. The molecule has 2 aliphatic heterocycles. The van der Waals surface area contributed by atoms with Gasteiger partial charge in [-0.15, -0.1) is 23.1 Å². The number of benzene rings is 2. The molecular weight excluding hydrogens is 454 g/mol. The van der Waals surface area contributed by atoms with Crippen LogP contribution in [0.25, 0.3) is 16.3 Å². The van der Waals surface area contributed by atoms with Crippen molar-refractivity contribution in [2.75, 3.05) is 18.9 Å². The molecule has 2 aromatic heterocycles. The summed E-state index contributed by atoms with van der Waals surface area (Å²) in [5.74, 6) is 2.02. The number of carbonyl (C=O) groups excluding carboxylic acids is 1. The van der Waals surface area contributed by atoms with Gasteiger partial charge in [-0.3, -0.25) is 4.79 Å². The molecule has 0 spiro atoms. The number of thioether (sulfide) groups is 1. The van der Waals surface area contributed by atoms with E-state index in [0.29, 0.717) is 18.9 Å². The van der Waals surface area contributed by atoms with Crippen molar-refractivity contribution < 1.29 is 14.3 Å². The topological polar surface area (TPSA) is 56.6 Å². The first-order valence-electron chi connectivity index (χ1n) is 10.7. The zero-order valence-corrected chi connectivity index (χ0v) is 19.3. The molecule has 2 aliphatic rings. The van der Waals surface area contributed by atoms with Crippen molar-refractivity contribution in [3.63, 3.8) is 0 Å². The van der Waals surface area contributed by atoms with Crippen LogP contribution in [0.1, 0.15) is 10.9 Å². The molecule has 1 amide bonds. The number of amides is 1. The lowest BCUT2D eigenvalue weighted by Crippen LogP contribution is -2.42. The average Bonchev–Trinajstić information content (AvgIpc) is 3.60. The summed E-state index contributed by atoms with van der Waals surface area (Å²) in [5.41, 5.74) is 2.94. The van der Waals surface area contributed by atoms with Crippen LogP contribution in [-0.2, 0) is 4.79 Å². The Morgan fingerprint density at radius 2 is 1.82 bits per heavy atom. The van der Waals surface area contributed by atoms with Crippen molar-refractivity contribution in [2.24, 2.45) is 0 Å². The fraction of sp³-hybridized carbons (Fsp3) is 0.200. The van der Waals surface area contributed by atoms with Crippen LogP contribution in [0.3, 0.4) is 0 Å². The molecule has 1 fully saturated rings. The Morgan fingerprint density at radius 3 is 2.64 bits per heavy atom. The zero-order valence-electron chi connectivity index (χ0n) is 17.7. The summed E-state index contributed by atoms with van der Waals surface area (Å²) in [5, 5.41) is 6.84. The summed E-state index contributed by atoms with van der Waals surface area (Å²) in [6.45, 7) is 0.879. The number of aromatic nitrogens is 2. The van der Waals surface area contributed by atoms with E-state index in [1.165, 1.54) is 0 Å². The molecule has 6 nitrogen and oxygen atoms in total. The van der Waals surface area contributed by atoms with Gasteiger partial charge in [0.1, 0.15) is 17.7 Å². The molecular formula is C25H21N3O3S2. The van der Waals surface area contributed by atoms with E-state index in [1.807, 2.05) is 70.2 Å². The minimum Gasteiger partial charge on any atom is -0.486 e. The largest absolute Gasteiger partial charge is 0.486 e. The van der Waals surface area contributed by atoms with Gasteiger partial charge in [0.2, 0.25) is 5.91 Å². The molecule has 0 bridgehead atoms. The van der Waals surface area contributed by atoms with Gasteiger partial charge in [0, 0.05) is 11.8 Å². The molecule has 4 aromatic rings. The van der Waals surface area contributed by atoms with Gasteiger partial charge in [-0.25, -0.2) is 4.68 Å². The summed E-state index contributed by atoms with van der Waals surface area (Å²) in [6, 6.07) is 21.8. The summed E-state index contributed by atoms with van der Waals surface area (Å²) < 4.78 is 13.9. The van der Waals surface area contributed by atoms with E-state index in [2.05, 4.69) is 17.6 Å². The maximum absolute atomic E-state index is 12.9. The Morgan fingerprint density at radius 1 is 1.00 bits per heavy atom. The molecule has 2 atom stereocenters. The van der Waals surface area contributed by atoms with Crippen LogP contribution < -0.4 is 9.47 Å². The highest BCUT2D eigenvalue weighted by Gasteiger charge is 2.38. The van der Waals surface area contributed by atoms with E-state index >= 15 is 0 Å². The number of carbonyl (C=O) groups is 1. The Balaban J connectivity index is 1.32. The highest BCUT2D eigenvalue weighted by atomic mass is 32.2. The van der Waals surface area contributed by atoms with Crippen LogP contribution in [0.15, 0.2) is 78.3 Å². The first kappa shape index (κ1) is 20.4. The van der Waals surface area contributed by atoms with Crippen LogP contribution in [0.4, 0.5) is 0 Å². The molecule has 0 aliphatic carbocycles. The van der Waals surface area contributed by atoms with Crippen LogP contribution in [-0.4, -0.2) is 45.6 Å². The number of rotatable bonds is 5. The van der Waals surface area contributed by atoms with Crippen molar-refractivity contribution in [1.29, 1.82) is 0 Å². The first-order chi connectivity index (χ1) is 16.3. The Labute approximate surface area is 199 Å². The van der Waals surface area contributed by atoms with E-state index in [4.69, 9.17) is 14.6 Å². The van der Waals surface area contributed by atoms with Gasteiger partial charge in [0.15, 0.2) is 17.6 Å². The highest BCUT2D eigenvalue weighted by molar-refractivity contribution is 8.00. The van der Waals surface area contributed by atoms with E-state index < -0.39 is 0 Å². The molecule has 0 unspecified atom stereocenters. The highest BCUT2D eigenvalue weighted by Crippen LogP contribution is 2.44. The molecule has 166 valence electrons. The maximum Gasteiger partial charge on any atom is 0.233 e. The van der Waals surface area contributed by atoms with E-state index in [9.17, 15) is 4.79 Å². The third kappa shape index (κ3) is 3.89.